The summed E-state index contributed by atoms with van der Waals surface area (Å²) in [5.74, 6) is -0.566. The lowest BCUT2D eigenvalue weighted by molar-refractivity contribution is 0.0739. The zero-order valence-electron chi connectivity index (χ0n) is 9.33. The van der Waals surface area contributed by atoms with Crippen LogP contribution in [-0.4, -0.2) is 29.9 Å². The van der Waals surface area contributed by atoms with E-state index in [1.807, 2.05) is 0 Å². The highest BCUT2D eigenvalue weighted by molar-refractivity contribution is 9.10. The fourth-order valence-corrected chi connectivity index (χ4v) is 2.61. The first-order valence-corrected chi connectivity index (χ1v) is 6.39. The van der Waals surface area contributed by atoms with E-state index in [0.29, 0.717) is 18.7 Å². The minimum atomic E-state index is -0.417. The third kappa shape index (κ3) is 2.35. The molecule has 17 heavy (non-hydrogen) atoms. The van der Waals surface area contributed by atoms with Crippen molar-refractivity contribution < 1.29 is 9.18 Å². The second-order valence-electron chi connectivity index (χ2n) is 4.13. The van der Waals surface area contributed by atoms with Crippen LogP contribution in [0.3, 0.4) is 0 Å². The van der Waals surface area contributed by atoms with Gasteiger partial charge in [0.1, 0.15) is 5.82 Å². The van der Waals surface area contributed by atoms with Crippen LogP contribution in [0.4, 0.5) is 4.39 Å². The molecule has 92 valence electrons. The number of carbonyl (C=O) groups is 1. The van der Waals surface area contributed by atoms with Crippen molar-refractivity contribution in [2.75, 3.05) is 13.1 Å². The highest BCUT2D eigenvalue weighted by Gasteiger charge is 2.29. The molecule has 2 N–H and O–H groups in total. The Morgan fingerprint density at radius 1 is 1.59 bits per heavy atom. The Morgan fingerprint density at radius 3 is 3.06 bits per heavy atom. The number of halogens is 2. The van der Waals surface area contributed by atoms with E-state index in [1.54, 1.807) is 17.0 Å². The van der Waals surface area contributed by atoms with E-state index in [9.17, 15) is 9.18 Å². The number of likely N-dealkylation sites (tertiary alicyclic amines) is 1. The Morgan fingerprint density at radius 2 is 2.35 bits per heavy atom. The summed E-state index contributed by atoms with van der Waals surface area (Å²) in [5, 5.41) is 0. The molecule has 1 aliphatic rings. The molecule has 0 spiro atoms. The van der Waals surface area contributed by atoms with Crippen LogP contribution in [0.2, 0.25) is 0 Å². The van der Waals surface area contributed by atoms with Gasteiger partial charge < -0.3 is 10.6 Å². The smallest absolute Gasteiger partial charge is 0.255 e. The van der Waals surface area contributed by atoms with Gasteiger partial charge in [-0.05, 0) is 40.9 Å². The molecule has 1 aromatic carbocycles. The molecule has 0 bridgehead atoms. The minimum Gasteiger partial charge on any atom is -0.334 e. The highest BCUT2D eigenvalue weighted by Crippen LogP contribution is 2.25. The number of amides is 1. The van der Waals surface area contributed by atoms with Crippen LogP contribution in [0.25, 0.3) is 0 Å². The number of hydrogen-bond donors (Lipinski definition) is 1. The van der Waals surface area contributed by atoms with Crippen molar-refractivity contribution in [1.29, 1.82) is 0 Å². The Balaban J connectivity index is 2.28. The monoisotopic (exact) mass is 300 g/mol. The van der Waals surface area contributed by atoms with E-state index in [0.717, 1.165) is 12.8 Å². The number of carbonyl (C=O) groups excluding carboxylic acids is 1. The lowest BCUT2D eigenvalue weighted by Gasteiger charge is -2.24. The maximum absolute atomic E-state index is 13.4. The molecule has 1 fully saturated rings. The average Bonchev–Trinajstić information content (AvgIpc) is 2.80. The lowest BCUT2D eigenvalue weighted by Crippen LogP contribution is -2.40. The molecule has 1 heterocycles. The van der Waals surface area contributed by atoms with Gasteiger partial charge in [0.15, 0.2) is 0 Å². The van der Waals surface area contributed by atoms with Gasteiger partial charge >= 0.3 is 0 Å². The van der Waals surface area contributed by atoms with Crippen LogP contribution in [0.5, 0.6) is 0 Å². The van der Waals surface area contributed by atoms with Gasteiger partial charge in [0.25, 0.3) is 5.91 Å². The molecule has 0 saturated carbocycles. The van der Waals surface area contributed by atoms with Gasteiger partial charge in [0.2, 0.25) is 0 Å². The Labute approximate surface area is 108 Å². The zero-order valence-corrected chi connectivity index (χ0v) is 10.9. The third-order valence-corrected chi connectivity index (χ3v) is 3.90. The Kier molecular flexibility index (Phi) is 3.79. The molecule has 1 aromatic rings. The van der Waals surface area contributed by atoms with E-state index < -0.39 is 5.82 Å². The summed E-state index contributed by atoms with van der Waals surface area (Å²) >= 11 is 3.12. The standard InChI is InChI=1S/C12H14BrFN2O/c13-11-9(4-1-5-10(11)14)12(17)16-6-2-3-8(16)7-15/h1,4-5,8H,2-3,6-7,15H2. The fraction of sp³-hybridized carbons (Fsp3) is 0.417. The van der Waals surface area contributed by atoms with Crippen molar-refractivity contribution in [2.24, 2.45) is 5.73 Å². The molecular formula is C12H14BrFN2O. The Bertz CT molecular complexity index is 439. The third-order valence-electron chi connectivity index (χ3n) is 3.09. The summed E-state index contributed by atoms with van der Waals surface area (Å²) in [6, 6.07) is 4.57. The van der Waals surface area contributed by atoms with E-state index in [1.165, 1.54) is 6.07 Å². The summed E-state index contributed by atoms with van der Waals surface area (Å²) in [6.45, 7) is 1.16. The summed E-state index contributed by atoms with van der Waals surface area (Å²) in [4.78, 5) is 14.0. The predicted molar refractivity (Wildman–Crippen MR) is 67.2 cm³/mol. The fourth-order valence-electron chi connectivity index (χ4n) is 2.17. The minimum absolute atomic E-state index is 0.0812. The normalized spacial score (nSPS) is 19.7. The van der Waals surface area contributed by atoms with E-state index in [4.69, 9.17) is 5.73 Å². The van der Waals surface area contributed by atoms with Crippen molar-refractivity contribution in [2.45, 2.75) is 18.9 Å². The largest absolute Gasteiger partial charge is 0.334 e. The van der Waals surface area contributed by atoms with Crippen LogP contribution in [0.1, 0.15) is 23.2 Å². The van der Waals surface area contributed by atoms with Crippen LogP contribution >= 0.6 is 15.9 Å². The molecule has 1 aliphatic heterocycles. The second-order valence-corrected chi connectivity index (χ2v) is 4.92. The number of benzene rings is 1. The van der Waals surface area contributed by atoms with Gasteiger partial charge in [0, 0.05) is 19.1 Å². The molecular weight excluding hydrogens is 287 g/mol. The molecule has 1 saturated heterocycles. The van der Waals surface area contributed by atoms with Gasteiger partial charge in [0.05, 0.1) is 10.0 Å². The number of nitrogens with zero attached hydrogens (tertiary/aromatic N) is 1. The predicted octanol–water partition coefficient (Wildman–Crippen LogP) is 2.15. The topological polar surface area (TPSA) is 46.3 Å². The van der Waals surface area contributed by atoms with Crippen molar-refractivity contribution >= 4 is 21.8 Å². The SMILES string of the molecule is NCC1CCCN1C(=O)c1cccc(F)c1Br. The molecule has 0 radical (unpaired) electrons. The quantitative estimate of drug-likeness (QED) is 0.910. The molecule has 5 heteroatoms. The maximum atomic E-state index is 13.4. The van der Waals surface area contributed by atoms with Gasteiger partial charge in [-0.2, -0.15) is 0 Å². The Hall–Kier alpha value is -0.940. The van der Waals surface area contributed by atoms with Crippen molar-refractivity contribution in [3.63, 3.8) is 0 Å². The molecule has 0 aromatic heterocycles. The molecule has 0 aliphatic carbocycles. The maximum Gasteiger partial charge on any atom is 0.255 e. The lowest BCUT2D eigenvalue weighted by atomic mass is 10.1. The molecule has 1 amide bonds. The molecule has 3 nitrogen and oxygen atoms in total. The van der Waals surface area contributed by atoms with E-state index in [2.05, 4.69) is 15.9 Å². The van der Waals surface area contributed by atoms with Crippen molar-refractivity contribution in [3.05, 3.63) is 34.1 Å². The van der Waals surface area contributed by atoms with Crippen LogP contribution < -0.4 is 5.73 Å². The summed E-state index contributed by atoms with van der Waals surface area (Å²) in [5.41, 5.74) is 5.99. The van der Waals surface area contributed by atoms with E-state index in [-0.39, 0.29) is 16.4 Å². The molecule has 1 atom stereocenters. The first-order chi connectivity index (χ1) is 8.15. The van der Waals surface area contributed by atoms with E-state index >= 15 is 0 Å². The van der Waals surface area contributed by atoms with Crippen LogP contribution in [0, 0.1) is 5.82 Å². The van der Waals surface area contributed by atoms with Crippen molar-refractivity contribution in [3.8, 4) is 0 Å². The van der Waals surface area contributed by atoms with Gasteiger partial charge in [-0.15, -0.1) is 0 Å². The van der Waals surface area contributed by atoms with Crippen LogP contribution in [0.15, 0.2) is 22.7 Å². The summed E-state index contributed by atoms with van der Waals surface area (Å²) in [7, 11) is 0. The van der Waals surface area contributed by atoms with Gasteiger partial charge in [-0.25, -0.2) is 4.39 Å². The van der Waals surface area contributed by atoms with Crippen molar-refractivity contribution in [1.82, 2.24) is 4.90 Å². The number of rotatable bonds is 2. The first-order valence-electron chi connectivity index (χ1n) is 5.60. The zero-order chi connectivity index (χ0) is 12.4. The summed E-state index contributed by atoms with van der Waals surface area (Å²) < 4.78 is 13.6. The van der Waals surface area contributed by atoms with Gasteiger partial charge in [-0.1, -0.05) is 6.07 Å². The number of nitrogens with two attached hydrogens (primary N) is 1. The second kappa shape index (κ2) is 5.14. The average molecular weight is 301 g/mol. The van der Waals surface area contributed by atoms with Crippen LogP contribution in [-0.2, 0) is 0 Å². The summed E-state index contributed by atoms with van der Waals surface area (Å²) in [6.07, 6.45) is 1.88. The van der Waals surface area contributed by atoms with Gasteiger partial charge in [-0.3, -0.25) is 4.79 Å². The first kappa shape index (κ1) is 12.5. The molecule has 2 rings (SSSR count). The number of hydrogen-bond acceptors (Lipinski definition) is 2. The highest BCUT2D eigenvalue weighted by atomic mass is 79.9. The molecule has 1 unspecified atom stereocenters.